The summed E-state index contributed by atoms with van der Waals surface area (Å²) in [4.78, 5) is 88.3. The molecule has 0 aliphatic carbocycles. The molecule has 3 unspecified atom stereocenters. The summed E-state index contributed by atoms with van der Waals surface area (Å²) in [5, 5.41) is 26.7. The molecular formula is C39H68N7O17P3S. The maximum atomic E-state index is 12.7. The van der Waals surface area contributed by atoms with Crippen LogP contribution < -0.4 is 16.4 Å². The van der Waals surface area contributed by atoms with E-state index in [1.165, 1.54) is 71.6 Å². The van der Waals surface area contributed by atoms with Gasteiger partial charge in [-0.1, -0.05) is 96.1 Å². The van der Waals surface area contributed by atoms with E-state index in [4.69, 9.17) is 19.5 Å². The second-order valence-corrected chi connectivity index (χ2v) is 22.0. The molecule has 24 nitrogen and oxygen atoms in total. The van der Waals surface area contributed by atoms with Gasteiger partial charge in [-0.2, -0.15) is 4.31 Å². The molecule has 3 rings (SSSR count). The van der Waals surface area contributed by atoms with Gasteiger partial charge in [-0.25, -0.2) is 28.6 Å². The molecule has 2 amide bonds. The van der Waals surface area contributed by atoms with Crippen molar-refractivity contribution in [2.45, 2.75) is 148 Å². The van der Waals surface area contributed by atoms with Gasteiger partial charge in [-0.3, -0.25) is 32.5 Å². The van der Waals surface area contributed by atoms with Crippen LogP contribution in [0.2, 0.25) is 0 Å². The normalized spacial score (nSPS) is 20.2. The van der Waals surface area contributed by atoms with Crippen LogP contribution in [0.4, 0.5) is 5.82 Å². The quantitative estimate of drug-likeness (QED) is 0.0260. The number of nitrogens with zero attached hydrogens (tertiary/aromatic N) is 4. The van der Waals surface area contributed by atoms with Gasteiger partial charge >= 0.3 is 23.5 Å². The molecule has 1 aliphatic heterocycles. The van der Waals surface area contributed by atoms with Gasteiger partial charge in [0.2, 0.25) is 11.8 Å². The minimum atomic E-state index is -5.57. The Morgan fingerprint density at radius 1 is 0.896 bits per heavy atom. The molecule has 28 heteroatoms. The summed E-state index contributed by atoms with van der Waals surface area (Å²) in [6, 6.07) is 0. The number of carbonyl (C=O) groups is 3. The van der Waals surface area contributed by atoms with Crippen molar-refractivity contribution < 1.29 is 80.5 Å². The first-order chi connectivity index (χ1) is 31.6. The highest BCUT2D eigenvalue weighted by atomic mass is 32.2. The molecule has 7 atom stereocenters. The molecule has 2 aromatic heterocycles. The summed E-state index contributed by atoms with van der Waals surface area (Å²) in [5.74, 6) is -1.03. The largest absolute Gasteiger partial charge is 0.481 e. The van der Waals surface area contributed by atoms with Crippen LogP contribution in [0.1, 0.15) is 123 Å². The number of fused-ring (bicyclic) bond motifs is 1. The Balaban J connectivity index is 1.30. The molecule has 0 radical (unpaired) electrons. The molecular weight excluding hydrogens is 963 g/mol. The second kappa shape index (κ2) is 28.8. The minimum Gasteiger partial charge on any atom is -0.386 e. The van der Waals surface area contributed by atoms with Gasteiger partial charge in [-0.05, 0) is 32.1 Å². The number of anilines is 1. The number of nitrogens with one attached hydrogen (secondary N) is 2. The zero-order chi connectivity index (χ0) is 49.7. The van der Waals surface area contributed by atoms with Crippen molar-refractivity contribution in [3.8, 4) is 0 Å². The molecule has 0 bridgehead atoms. The number of aromatic nitrogens is 4. The van der Waals surface area contributed by atoms with E-state index in [1.807, 2.05) is 0 Å². The number of amides is 2. The van der Waals surface area contributed by atoms with Crippen molar-refractivity contribution in [3.05, 3.63) is 24.8 Å². The highest BCUT2D eigenvalue weighted by Gasteiger charge is 2.50. The van der Waals surface area contributed by atoms with Crippen molar-refractivity contribution in [3.63, 3.8) is 0 Å². The summed E-state index contributed by atoms with van der Waals surface area (Å²) in [6.45, 7) is 2.79. The summed E-state index contributed by atoms with van der Waals surface area (Å²) >= 11 is 1.15. The Labute approximate surface area is 394 Å². The standard InChI is InChI=1S/C39H68N7O17P3S/c1-4-5-6-7-8-9-10-11-12-13-14-15-16-17-18-19-30(48)67-23-22-41-29(47)20-21-42-37(51)34(50)39(2,3)25-60-66(57,58)63-65(55,56)59-24-28-33(62-64(52,53)54)32(49)38(61-28)46-27-45-31-35(40)43-26-44-36(31)46/h9-10,26-28,32-34,38,49-50H,4-8,11-25H2,1-3H3,(H,41,47)(H,42,51)(H,55,56)(H,57,58)(H2,40,43,44)(H2,52,53,54)/t28-,32?,33+,34+,38-/m1/s1. The first-order valence-corrected chi connectivity index (χ1v) is 27.8. The van der Waals surface area contributed by atoms with Crippen LogP contribution in [0.15, 0.2) is 24.8 Å². The van der Waals surface area contributed by atoms with Gasteiger partial charge in [0.1, 0.15) is 36.3 Å². The maximum absolute atomic E-state index is 12.7. The van der Waals surface area contributed by atoms with Gasteiger partial charge in [0.25, 0.3) is 0 Å². The van der Waals surface area contributed by atoms with Crippen LogP contribution in [0, 0.1) is 5.41 Å². The molecule has 1 saturated heterocycles. The summed E-state index contributed by atoms with van der Waals surface area (Å²) < 4.78 is 62.4. The predicted octanol–water partition coefficient (Wildman–Crippen LogP) is 4.70. The number of hydrogen-bond acceptors (Lipinski definition) is 18. The molecule has 1 aliphatic rings. The number of hydrogen-bond donors (Lipinski definition) is 9. The van der Waals surface area contributed by atoms with Crippen molar-refractivity contribution in [2.24, 2.45) is 5.41 Å². The molecule has 2 aromatic rings. The van der Waals surface area contributed by atoms with Crippen LogP contribution in [0.3, 0.4) is 0 Å². The number of thioether (sulfide) groups is 1. The number of phosphoric acid groups is 3. The first kappa shape index (κ1) is 58.6. The lowest BCUT2D eigenvalue weighted by atomic mass is 9.87. The topological polar surface area (TPSA) is 364 Å². The van der Waals surface area contributed by atoms with E-state index in [0.29, 0.717) is 12.2 Å². The number of carbonyl (C=O) groups excluding carboxylic acids is 3. The molecule has 0 aromatic carbocycles. The number of unbranched alkanes of at least 4 members (excludes halogenated alkanes) is 11. The summed E-state index contributed by atoms with van der Waals surface area (Å²) in [7, 11) is -16.4. The van der Waals surface area contributed by atoms with E-state index in [-0.39, 0.29) is 41.6 Å². The smallest absolute Gasteiger partial charge is 0.386 e. The number of phosphoric ester groups is 3. The number of ether oxygens (including phenoxy) is 1. The number of rotatable bonds is 34. The molecule has 3 heterocycles. The van der Waals surface area contributed by atoms with E-state index in [2.05, 4.69) is 53.5 Å². The average molecular weight is 1030 g/mol. The van der Waals surface area contributed by atoms with Crippen molar-refractivity contribution in [2.75, 3.05) is 37.8 Å². The molecule has 10 N–H and O–H groups in total. The first-order valence-electron chi connectivity index (χ1n) is 22.3. The molecule has 1 fully saturated rings. The number of aliphatic hydroxyl groups excluding tert-OH is 2. The third-order valence-electron chi connectivity index (χ3n) is 10.4. The highest BCUT2D eigenvalue weighted by molar-refractivity contribution is 8.13. The number of aliphatic hydroxyl groups is 2. The van der Waals surface area contributed by atoms with Gasteiger partial charge in [0.05, 0.1) is 19.5 Å². The van der Waals surface area contributed by atoms with E-state index in [0.717, 1.165) is 54.7 Å². The summed E-state index contributed by atoms with van der Waals surface area (Å²) in [5.41, 5.74) is 4.29. The van der Waals surface area contributed by atoms with Crippen LogP contribution in [-0.4, -0.2) is 123 Å². The Hall–Kier alpha value is -2.70. The lowest BCUT2D eigenvalue weighted by Crippen LogP contribution is -2.46. The number of nitrogen functional groups attached to an aromatic ring is 1. The number of allylic oxidation sites excluding steroid dienone is 2. The zero-order valence-corrected chi connectivity index (χ0v) is 41.6. The van der Waals surface area contributed by atoms with Gasteiger partial charge in [0.15, 0.2) is 22.8 Å². The fraction of sp³-hybridized carbons (Fsp3) is 0.744. The van der Waals surface area contributed by atoms with E-state index in [9.17, 15) is 57.9 Å². The number of imidazole rings is 1. The molecule has 67 heavy (non-hydrogen) atoms. The van der Waals surface area contributed by atoms with Crippen molar-refractivity contribution in [1.29, 1.82) is 0 Å². The summed E-state index contributed by atoms with van der Waals surface area (Å²) in [6.07, 6.45) is 13.4. The van der Waals surface area contributed by atoms with Crippen LogP contribution in [0.25, 0.3) is 11.2 Å². The maximum Gasteiger partial charge on any atom is 0.481 e. The Morgan fingerprint density at radius 2 is 1.52 bits per heavy atom. The lowest BCUT2D eigenvalue weighted by Gasteiger charge is -2.30. The van der Waals surface area contributed by atoms with Crippen LogP contribution in [-0.2, 0) is 50.7 Å². The zero-order valence-electron chi connectivity index (χ0n) is 38.1. The van der Waals surface area contributed by atoms with E-state index in [1.54, 1.807) is 0 Å². The number of nitrogens with two attached hydrogens (primary N) is 1. The lowest BCUT2D eigenvalue weighted by molar-refractivity contribution is -0.137. The predicted molar refractivity (Wildman–Crippen MR) is 247 cm³/mol. The highest BCUT2D eigenvalue weighted by Crippen LogP contribution is 2.61. The third kappa shape index (κ3) is 21.9. The molecule has 0 spiro atoms. The Kier molecular flexibility index (Phi) is 25.2. The van der Waals surface area contributed by atoms with E-state index < -0.39 is 84.6 Å². The van der Waals surface area contributed by atoms with E-state index >= 15 is 0 Å². The molecule has 382 valence electrons. The Morgan fingerprint density at radius 3 is 2.18 bits per heavy atom. The Bertz CT molecular complexity index is 2040. The monoisotopic (exact) mass is 1030 g/mol. The van der Waals surface area contributed by atoms with Gasteiger partial charge in [0, 0.05) is 37.1 Å². The fourth-order valence-electron chi connectivity index (χ4n) is 6.71. The fourth-order valence-corrected chi connectivity index (χ4v) is 10.3. The van der Waals surface area contributed by atoms with Crippen LogP contribution in [0.5, 0.6) is 0 Å². The van der Waals surface area contributed by atoms with Crippen molar-refractivity contribution in [1.82, 2.24) is 30.2 Å². The second-order valence-electron chi connectivity index (χ2n) is 16.6. The van der Waals surface area contributed by atoms with Crippen LogP contribution >= 0.6 is 35.2 Å². The average Bonchev–Trinajstić information content (AvgIpc) is 3.81. The molecule has 0 saturated carbocycles. The van der Waals surface area contributed by atoms with Crippen molar-refractivity contribution >= 4 is 69.1 Å². The SMILES string of the molecule is CCCCCCC=CCCCCCCCCCC(=O)SCCNC(=O)CCNC(=O)[C@H](O)C(C)(C)COP(=O)(O)OP(=O)(O)OC[C@H]1O[C@@H](n2cnc3c(N)ncnc32)C(O)[C@H]1OP(=O)(O)O. The van der Waals surface area contributed by atoms with Gasteiger partial charge < -0.3 is 50.9 Å². The minimum absolute atomic E-state index is 0.0332. The third-order valence-corrected chi connectivity index (χ3v) is 14.4. The van der Waals surface area contributed by atoms with Gasteiger partial charge in [-0.15, -0.1) is 0 Å².